The van der Waals surface area contributed by atoms with E-state index in [4.69, 9.17) is 0 Å². The third-order valence-electron chi connectivity index (χ3n) is 3.75. The molecule has 3 rings (SSSR count). The molecule has 0 radical (unpaired) electrons. The summed E-state index contributed by atoms with van der Waals surface area (Å²) in [6, 6.07) is 3.54. The van der Waals surface area contributed by atoms with Crippen LogP contribution in [0.25, 0.3) is 0 Å². The molecule has 0 saturated carbocycles. The van der Waals surface area contributed by atoms with E-state index < -0.39 is 41.0 Å². The van der Waals surface area contributed by atoms with E-state index in [1.807, 2.05) is 0 Å². The zero-order valence-electron chi connectivity index (χ0n) is 12.9. The molecule has 1 unspecified atom stereocenters. The van der Waals surface area contributed by atoms with Crippen molar-refractivity contribution in [2.45, 2.75) is 18.1 Å². The van der Waals surface area contributed by atoms with Crippen LogP contribution in [0.5, 0.6) is 5.75 Å². The van der Waals surface area contributed by atoms with Crippen LogP contribution in [-0.2, 0) is 18.1 Å². The van der Waals surface area contributed by atoms with Gasteiger partial charge in [-0.2, -0.15) is 8.78 Å². The second-order valence-corrected chi connectivity index (χ2v) is 5.47. The second-order valence-electron chi connectivity index (χ2n) is 5.47. The fourth-order valence-corrected chi connectivity index (χ4v) is 2.45. The topological polar surface area (TPSA) is 97.0 Å². The number of pyridine rings is 1. The highest BCUT2D eigenvalue weighted by Gasteiger charge is 2.57. The molecular formula is C15H11F4N5O2. The van der Waals surface area contributed by atoms with Gasteiger partial charge in [-0.05, 0) is 34.7 Å². The first-order valence-corrected chi connectivity index (χ1v) is 7.16. The monoisotopic (exact) mass is 369 g/mol. The van der Waals surface area contributed by atoms with Crippen molar-refractivity contribution in [1.29, 1.82) is 0 Å². The minimum atomic E-state index is -4.15. The summed E-state index contributed by atoms with van der Waals surface area (Å²) in [5, 5.41) is 30.0. The summed E-state index contributed by atoms with van der Waals surface area (Å²) in [5.74, 6) is -6.90. The molecule has 0 bridgehead atoms. The number of aromatic hydroxyl groups is 1. The second kappa shape index (κ2) is 6.33. The summed E-state index contributed by atoms with van der Waals surface area (Å²) in [7, 11) is 0. The Kier molecular flexibility index (Phi) is 4.32. The number of alkyl halides is 2. The van der Waals surface area contributed by atoms with Crippen molar-refractivity contribution < 1.29 is 27.8 Å². The fraction of sp³-hybridized carbons (Fsp3) is 0.200. The number of aliphatic hydroxyl groups is 1. The lowest BCUT2D eigenvalue weighted by Crippen LogP contribution is -2.48. The predicted octanol–water partition coefficient (Wildman–Crippen LogP) is 1.73. The number of halogens is 4. The highest BCUT2D eigenvalue weighted by molar-refractivity contribution is 5.32. The van der Waals surface area contributed by atoms with Crippen LogP contribution >= 0.6 is 0 Å². The minimum absolute atomic E-state index is 0.374. The Labute approximate surface area is 143 Å². The van der Waals surface area contributed by atoms with E-state index in [2.05, 4.69) is 20.5 Å². The first-order chi connectivity index (χ1) is 12.2. The van der Waals surface area contributed by atoms with Gasteiger partial charge in [0.25, 0.3) is 0 Å². The van der Waals surface area contributed by atoms with Gasteiger partial charge in [0.2, 0.25) is 0 Å². The average Bonchev–Trinajstić information content (AvgIpc) is 3.07. The van der Waals surface area contributed by atoms with E-state index in [1.165, 1.54) is 0 Å². The molecule has 3 aromatic rings. The number of tetrazole rings is 1. The molecule has 0 aliphatic rings. The number of nitrogens with zero attached hydrogens (tertiary/aromatic N) is 5. The third-order valence-corrected chi connectivity index (χ3v) is 3.75. The Morgan fingerprint density at radius 3 is 2.46 bits per heavy atom. The zero-order chi connectivity index (χ0) is 18.9. The smallest absolute Gasteiger partial charge is 0.323 e. The van der Waals surface area contributed by atoms with E-state index in [1.54, 1.807) is 0 Å². The van der Waals surface area contributed by atoms with Gasteiger partial charge in [0.05, 0.1) is 12.7 Å². The molecule has 26 heavy (non-hydrogen) atoms. The van der Waals surface area contributed by atoms with Gasteiger partial charge in [0.15, 0.2) is 5.60 Å². The molecule has 0 spiro atoms. The van der Waals surface area contributed by atoms with Gasteiger partial charge < -0.3 is 10.2 Å². The molecule has 7 nitrogen and oxygen atoms in total. The van der Waals surface area contributed by atoms with Crippen molar-refractivity contribution in [2.75, 3.05) is 0 Å². The van der Waals surface area contributed by atoms with Crippen LogP contribution in [0.3, 0.4) is 0 Å². The summed E-state index contributed by atoms with van der Waals surface area (Å²) in [6.45, 7) is -0.946. The number of rotatable bonds is 5. The van der Waals surface area contributed by atoms with Crippen molar-refractivity contribution in [1.82, 2.24) is 25.2 Å². The minimum Gasteiger partial charge on any atom is -0.506 e. The molecule has 0 amide bonds. The average molecular weight is 369 g/mol. The Morgan fingerprint density at radius 2 is 1.88 bits per heavy atom. The zero-order valence-corrected chi connectivity index (χ0v) is 12.9. The first-order valence-electron chi connectivity index (χ1n) is 7.16. The molecular weight excluding hydrogens is 358 g/mol. The van der Waals surface area contributed by atoms with E-state index in [0.29, 0.717) is 12.1 Å². The van der Waals surface area contributed by atoms with Crippen molar-refractivity contribution >= 4 is 0 Å². The van der Waals surface area contributed by atoms with E-state index >= 15 is 8.78 Å². The predicted molar refractivity (Wildman–Crippen MR) is 77.9 cm³/mol. The normalized spacial score (nSPS) is 14.2. The van der Waals surface area contributed by atoms with Crippen LogP contribution in [0, 0.1) is 11.6 Å². The van der Waals surface area contributed by atoms with Gasteiger partial charge in [-0.25, -0.2) is 13.5 Å². The molecule has 0 aliphatic carbocycles. The van der Waals surface area contributed by atoms with Crippen LogP contribution in [0.15, 0.2) is 42.9 Å². The van der Waals surface area contributed by atoms with Crippen LogP contribution < -0.4 is 0 Å². The van der Waals surface area contributed by atoms with Gasteiger partial charge in [-0.3, -0.25) is 4.98 Å². The highest BCUT2D eigenvalue weighted by atomic mass is 19.3. The summed E-state index contributed by atoms with van der Waals surface area (Å²) < 4.78 is 58.5. The third kappa shape index (κ3) is 2.96. The largest absolute Gasteiger partial charge is 0.506 e. The molecule has 0 saturated heterocycles. The molecule has 136 valence electrons. The number of aromatic nitrogens is 5. The summed E-state index contributed by atoms with van der Waals surface area (Å²) >= 11 is 0. The maximum atomic E-state index is 15.2. The maximum absolute atomic E-state index is 15.2. The van der Waals surface area contributed by atoms with E-state index in [0.717, 1.165) is 35.4 Å². The van der Waals surface area contributed by atoms with Crippen LogP contribution in [0.4, 0.5) is 17.6 Å². The maximum Gasteiger partial charge on any atom is 0.323 e. The van der Waals surface area contributed by atoms with Gasteiger partial charge >= 0.3 is 5.92 Å². The fourth-order valence-electron chi connectivity index (χ4n) is 2.45. The van der Waals surface area contributed by atoms with Crippen molar-refractivity contribution in [3.05, 3.63) is 65.7 Å². The van der Waals surface area contributed by atoms with Crippen molar-refractivity contribution in [3.8, 4) is 5.75 Å². The molecule has 2 N–H and O–H groups in total. The molecule has 1 aromatic carbocycles. The van der Waals surface area contributed by atoms with E-state index in [-0.39, 0.29) is 5.75 Å². The Hall–Kier alpha value is -3.08. The Bertz CT molecular complexity index is 905. The standard InChI is InChI=1S/C15H11F4N5O2/c16-9-1-3-11(12(17)5-9)14(26,7-24-8-21-22-23-24)15(18,19)13-4-2-10(25)6-20-13/h1-6,8,25-26H,7H2. The highest BCUT2D eigenvalue weighted by Crippen LogP contribution is 2.46. The van der Waals surface area contributed by atoms with Gasteiger partial charge in [0.1, 0.15) is 29.4 Å². The number of benzene rings is 1. The van der Waals surface area contributed by atoms with E-state index in [9.17, 15) is 19.0 Å². The molecule has 1 atom stereocenters. The Balaban J connectivity index is 2.17. The van der Waals surface area contributed by atoms with Crippen molar-refractivity contribution in [3.63, 3.8) is 0 Å². The lowest BCUT2D eigenvalue weighted by Gasteiger charge is -2.35. The molecule has 11 heteroatoms. The van der Waals surface area contributed by atoms with Gasteiger partial charge in [-0.15, -0.1) is 5.10 Å². The molecule has 2 aromatic heterocycles. The lowest BCUT2D eigenvalue weighted by molar-refractivity contribution is -0.207. The Morgan fingerprint density at radius 1 is 1.12 bits per heavy atom. The van der Waals surface area contributed by atoms with Crippen LogP contribution in [0.2, 0.25) is 0 Å². The molecule has 0 aliphatic heterocycles. The molecule has 2 heterocycles. The molecule has 0 fully saturated rings. The first kappa shape index (κ1) is 17.7. The van der Waals surface area contributed by atoms with Gasteiger partial charge in [-0.1, -0.05) is 0 Å². The van der Waals surface area contributed by atoms with Crippen LogP contribution in [-0.4, -0.2) is 35.4 Å². The number of hydrogen-bond donors (Lipinski definition) is 2. The summed E-state index contributed by atoms with van der Waals surface area (Å²) in [6.07, 6.45) is 1.70. The SMILES string of the molecule is Oc1ccc(C(F)(F)C(O)(Cn2cnnn2)c2ccc(F)cc2F)nc1. The number of hydrogen-bond acceptors (Lipinski definition) is 6. The van der Waals surface area contributed by atoms with Crippen LogP contribution in [0.1, 0.15) is 11.3 Å². The summed E-state index contributed by atoms with van der Waals surface area (Å²) in [5.41, 5.74) is -5.01. The van der Waals surface area contributed by atoms with Crippen molar-refractivity contribution in [2.24, 2.45) is 0 Å². The van der Waals surface area contributed by atoms with Gasteiger partial charge in [0, 0.05) is 11.6 Å². The quantitative estimate of drug-likeness (QED) is 0.665. The lowest BCUT2D eigenvalue weighted by atomic mass is 9.84. The summed E-state index contributed by atoms with van der Waals surface area (Å²) in [4.78, 5) is 3.40.